The Bertz CT molecular complexity index is 1390. The van der Waals surface area contributed by atoms with Crippen molar-refractivity contribution in [1.82, 2.24) is 14.5 Å². The molecule has 4 aromatic rings. The molecule has 1 aliphatic rings. The van der Waals surface area contributed by atoms with Gasteiger partial charge in [0.2, 0.25) is 5.91 Å². The van der Waals surface area contributed by atoms with Crippen molar-refractivity contribution in [2.45, 2.75) is 20.0 Å². The Morgan fingerprint density at radius 2 is 1.88 bits per heavy atom. The number of carbonyl (C=O) groups excluding carboxylic acids is 1. The van der Waals surface area contributed by atoms with Crippen LogP contribution in [0.5, 0.6) is 11.5 Å². The van der Waals surface area contributed by atoms with E-state index in [9.17, 15) is 9.59 Å². The van der Waals surface area contributed by atoms with Gasteiger partial charge in [0, 0.05) is 18.5 Å². The van der Waals surface area contributed by atoms with Crippen LogP contribution in [0.3, 0.4) is 0 Å². The second-order valence-corrected chi connectivity index (χ2v) is 9.01. The van der Waals surface area contributed by atoms with Gasteiger partial charge in [-0.2, -0.15) is 0 Å². The summed E-state index contributed by atoms with van der Waals surface area (Å²) in [6, 6.07) is 15.6. The zero-order valence-corrected chi connectivity index (χ0v) is 19.2. The van der Waals surface area contributed by atoms with Crippen molar-refractivity contribution in [3.05, 3.63) is 76.3 Å². The molecule has 1 amide bonds. The minimum Gasteiger partial charge on any atom is -0.486 e. The number of nitrogens with zero attached hydrogens (tertiary/aromatic N) is 3. The van der Waals surface area contributed by atoms with Crippen LogP contribution < -0.4 is 15.0 Å². The summed E-state index contributed by atoms with van der Waals surface area (Å²) in [5, 5.41) is 0.573. The number of likely N-dealkylation sites (N-methyl/N-ethyl adjacent to an activating group) is 1. The Hall–Kier alpha value is -3.65. The first-order valence-corrected chi connectivity index (χ1v) is 11.5. The van der Waals surface area contributed by atoms with Gasteiger partial charge in [0.25, 0.3) is 5.56 Å². The zero-order chi connectivity index (χ0) is 22.9. The number of fused-ring (bicyclic) bond motifs is 2. The van der Waals surface area contributed by atoms with E-state index in [0.717, 1.165) is 21.6 Å². The fourth-order valence-electron chi connectivity index (χ4n) is 3.95. The highest BCUT2D eigenvalue weighted by atomic mass is 32.1. The number of hydrogen-bond donors (Lipinski definition) is 0. The molecule has 0 saturated heterocycles. The average molecular weight is 462 g/mol. The maximum atomic E-state index is 13.2. The fourth-order valence-corrected chi connectivity index (χ4v) is 5.10. The lowest BCUT2D eigenvalue weighted by Gasteiger charge is -2.21. The predicted octanol–water partition coefficient (Wildman–Crippen LogP) is 3.86. The van der Waals surface area contributed by atoms with Crippen LogP contribution in [-0.2, 0) is 17.9 Å². The number of aromatic nitrogens is 2. The van der Waals surface area contributed by atoms with E-state index in [1.807, 2.05) is 55.5 Å². The van der Waals surface area contributed by atoms with Gasteiger partial charge < -0.3 is 14.4 Å². The molecular formula is C25H23N3O4S. The SMILES string of the molecule is Cc1c(-c2ccccc2)sc2ncn(CC(=O)N(C)Cc3ccc4c(c3)OCCO4)c(=O)c12. The van der Waals surface area contributed by atoms with E-state index in [1.54, 1.807) is 11.9 Å². The predicted molar refractivity (Wildman–Crippen MR) is 128 cm³/mol. The van der Waals surface area contributed by atoms with Gasteiger partial charge in [-0.25, -0.2) is 4.98 Å². The Labute approximate surface area is 194 Å². The molecule has 33 heavy (non-hydrogen) atoms. The molecule has 168 valence electrons. The summed E-state index contributed by atoms with van der Waals surface area (Å²) >= 11 is 1.50. The van der Waals surface area contributed by atoms with E-state index in [1.165, 1.54) is 22.2 Å². The van der Waals surface area contributed by atoms with Gasteiger partial charge in [0.15, 0.2) is 11.5 Å². The quantitative estimate of drug-likeness (QED) is 0.451. The number of thiophene rings is 1. The Morgan fingerprint density at radius 3 is 2.67 bits per heavy atom. The molecule has 8 heteroatoms. The highest BCUT2D eigenvalue weighted by molar-refractivity contribution is 7.22. The molecule has 2 aromatic heterocycles. The summed E-state index contributed by atoms with van der Waals surface area (Å²) in [5.74, 6) is 1.22. The molecule has 0 bridgehead atoms. The lowest BCUT2D eigenvalue weighted by molar-refractivity contribution is -0.131. The molecule has 5 rings (SSSR count). The molecule has 0 spiro atoms. The number of rotatable bonds is 5. The minimum absolute atomic E-state index is 0.0707. The lowest BCUT2D eigenvalue weighted by atomic mass is 10.1. The van der Waals surface area contributed by atoms with Gasteiger partial charge in [0.1, 0.15) is 24.6 Å². The highest BCUT2D eigenvalue weighted by Gasteiger charge is 2.19. The number of hydrogen-bond acceptors (Lipinski definition) is 6. The first-order valence-electron chi connectivity index (χ1n) is 10.7. The number of amides is 1. The Morgan fingerprint density at radius 1 is 1.12 bits per heavy atom. The van der Waals surface area contributed by atoms with E-state index in [-0.39, 0.29) is 18.0 Å². The molecular weight excluding hydrogens is 438 g/mol. The number of aryl methyl sites for hydroxylation is 1. The summed E-state index contributed by atoms with van der Waals surface area (Å²) in [4.78, 5) is 33.9. The second kappa shape index (κ2) is 8.71. The smallest absolute Gasteiger partial charge is 0.262 e. The van der Waals surface area contributed by atoms with Gasteiger partial charge in [-0.15, -0.1) is 11.3 Å². The van der Waals surface area contributed by atoms with Gasteiger partial charge >= 0.3 is 0 Å². The van der Waals surface area contributed by atoms with Crippen LogP contribution >= 0.6 is 11.3 Å². The third kappa shape index (κ3) is 4.09. The molecule has 0 atom stereocenters. The first kappa shape index (κ1) is 21.2. The lowest BCUT2D eigenvalue weighted by Crippen LogP contribution is -2.33. The summed E-state index contributed by atoms with van der Waals surface area (Å²) < 4.78 is 12.6. The number of carbonyl (C=O) groups is 1. The molecule has 0 fully saturated rings. The number of ether oxygens (including phenoxy) is 2. The van der Waals surface area contributed by atoms with Crippen molar-refractivity contribution in [2.75, 3.05) is 20.3 Å². The van der Waals surface area contributed by atoms with Crippen molar-refractivity contribution in [1.29, 1.82) is 0 Å². The van der Waals surface area contributed by atoms with Gasteiger partial charge in [-0.05, 0) is 35.7 Å². The van der Waals surface area contributed by atoms with Crippen LogP contribution in [0, 0.1) is 6.92 Å². The van der Waals surface area contributed by atoms with E-state index < -0.39 is 0 Å². The molecule has 0 N–H and O–H groups in total. The molecule has 0 radical (unpaired) electrons. The summed E-state index contributed by atoms with van der Waals surface area (Å²) in [6.07, 6.45) is 1.46. The largest absolute Gasteiger partial charge is 0.486 e. The molecule has 0 saturated carbocycles. The van der Waals surface area contributed by atoms with Crippen LogP contribution in [0.4, 0.5) is 0 Å². The van der Waals surface area contributed by atoms with E-state index in [2.05, 4.69) is 4.98 Å². The summed E-state index contributed by atoms with van der Waals surface area (Å²) in [5.41, 5.74) is 2.68. The fraction of sp³-hybridized carbons (Fsp3) is 0.240. The third-order valence-corrected chi connectivity index (χ3v) is 6.96. The molecule has 7 nitrogen and oxygen atoms in total. The van der Waals surface area contributed by atoms with Gasteiger partial charge in [-0.3, -0.25) is 14.2 Å². The molecule has 1 aliphatic heterocycles. The molecule has 2 aromatic carbocycles. The standard InChI is InChI=1S/C25H23N3O4S/c1-16-22-24(33-23(16)18-6-4-3-5-7-18)26-15-28(25(22)30)14-21(29)27(2)13-17-8-9-19-20(12-17)32-11-10-31-19/h3-9,12,15H,10-11,13-14H2,1-2H3. The van der Waals surface area contributed by atoms with Crippen molar-refractivity contribution < 1.29 is 14.3 Å². The number of benzene rings is 2. The maximum absolute atomic E-state index is 13.2. The van der Waals surface area contributed by atoms with E-state index in [0.29, 0.717) is 41.5 Å². The zero-order valence-electron chi connectivity index (χ0n) is 18.4. The van der Waals surface area contributed by atoms with Crippen molar-refractivity contribution >= 4 is 27.5 Å². The molecule has 0 aliphatic carbocycles. The van der Waals surface area contributed by atoms with Crippen LogP contribution in [0.25, 0.3) is 20.7 Å². The van der Waals surface area contributed by atoms with Crippen molar-refractivity contribution in [3.63, 3.8) is 0 Å². The van der Waals surface area contributed by atoms with Crippen molar-refractivity contribution in [3.8, 4) is 21.9 Å². The highest BCUT2D eigenvalue weighted by Crippen LogP contribution is 2.35. The normalized spacial score (nSPS) is 12.7. The molecule has 3 heterocycles. The van der Waals surface area contributed by atoms with Crippen molar-refractivity contribution in [2.24, 2.45) is 0 Å². The maximum Gasteiger partial charge on any atom is 0.262 e. The topological polar surface area (TPSA) is 73.7 Å². The van der Waals surface area contributed by atoms with E-state index >= 15 is 0 Å². The van der Waals surface area contributed by atoms with Crippen LogP contribution in [0.2, 0.25) is 0 Å². The van der Waals surface area contributed by atoms with E-state index in [4.69, 9.17) is 9.47 Å². The second-order valence-electron chi connectivity index (χ2n) is 8.01. The Balaban J connectivity index is 1.36. The van der Waals surface area contributed by atoms with Crippen LogP contribution in [0.15, 0.2) is 59.7 Å². The van der Waals surface area contributed by atoms with Crippen LogP contribution in [0.1, 0.15) is 11.1 Å². The Kier molecular flexibility index (Phi) is 5.60. The minimum atomic E-state index is -0.197. The monoisotopic (exact) mass is 461 g/mol. The van der Waals surface area contributed by atoms with Crippen LogP contribution in [-0.4, -0.2) is 40.6 Å². The first-order chi connectivity index (χ1) is 16.0. The average Bonchev–Trinajstić information content (AvgIpc) is 3.18. The van der Waals surface area contributed by atoms with Gasteiger partial charge in [-0.1, -0.05) is 36.4 Å². The summed E-state index contributed by atoms with van der Waals surface area (Å²) in [7, 11) is 1.72. The molecule has 0 unspecified atom stereocenters. The third-order valence-electron chi connectivity index (χ3n) is 5.71. The van der Waals surface area contributed by atoms with Gasteiger partial charge in [0.05, 0.1) is 11.7 Å². The summed E-state index contributed by atoms with van der Waals surface area (Å²) in [6.45, 7) is 3.31.